The van der Waals surface area contributed by atoms with Gasteiger partial charge in [-0.1, -0.05) is 59.4 Å². The Labute approximate surface area is 210 Å². The Balaban J connectivity index is 1.43. The van der Waals surface area contributed by atoms with Gasteiger partial charge in [0.05, 0.1) is 24.4 Å². The van der Waals surface area contributed by atoms with Gasteiger partial charge in [0.25, 0.3) is 11.5 Å². The SMILES string of the molecule is CCOc1ccc(-c2nc3sc(=C4C(=O)N(Cc5ccc(C)cc5)c5ccccc54)c(=O)n3n2)cc1. The molecule has 0 N–H and O–H groups in total. The quantitative estimate of drug-likeness (QED) is 0.369. The van der Waals surface area contributed by atoms with Crippen LogP contribution in [-0.4, -0.2) is 27.1 Å². The molecule has 8 heteroatoms. The first kappa shape index (κ1) is 22.2. The lowest BCUT2D eigenvalue weighted by Gasteiger charge is -2.17. The van der Waals surface area contributed by atoms with E-state index in [9.17, 15) is 9.59 Å². The normalized spacial score (nSPS) is 14.5. The Kier molecular flexibility index (Phi) is 5.38. The maximum atomic E-state index is 13.7. The van der Waals surface area contributed by atoms with Crippen molar-refractivity contribution in [2.75, 3.05) is 11.5 Å². The van der Waals surface area contributed by atoms with E-state index in [4.69, 9.17) is 4.74 Å². The summed E-state index contributed by atoms with van der Waals surface area (Å²) in [5, 5.41) is 4.45. The summed E-state index contributed by atoms with van der Waals surface area (Å²) in [6, 6.07) is 23.1. The smallest absolute Gasteiger partial charge is 0.291 e. The van der Waals surface area contributed by atoms with Crippen molar-refractivity contribution in [3.8, 4) is 17.1 Å². The van der Waals surface area contributed by atoms with Crippen LogP contribution in [0.3, 0.4) is 0 Å². The molecule has 0 unspecified atom stereocenters. The fraction of sp³-hybridized carbons (Fsp3) is 0.143. The molecule has 6 rings (SSSR count). The number of thiazole rings is 1. The molecule has 1 aliphatic rings. The summed E-state index contributed by atoms with van der Waals surface area (Å²) in [6.45, 7) is 4.98. The molecule has 2 aromatic heterocycles. The highest BCUT2D eigenvalue weighted by molar-refractivity contribution is 7.15. The van der Waals surface area contributed by atoms with Crippen LogP contribution >= 0.6 is 11.3 Å². The van der Waals surface area contributed by atoms with Crippen LogP contribution in [0, 0.1) is 6.92 Å². The first-order valence-corrected chi connectivity index (χ1v) is 12.5. The molecule has 3 aromatic carbocycles. The minimum absolute atomic E-state index is 0.190. The summed E-state index contributed by atoms with van der Waals surface area (Å²) in [5.74, 6) is 1.03. The summed E-state index contributed by atoms with van der Waals surface area (Å²) in [4.78, 5) is 33.8. The molecule has 36 heavy (non-hydrogen) atoms. The van der Waals surface area contributed by atoms with Crippen LogP contribution in [0.2, 0.25) is 0 Å². The number of rotatable bonds is 5. The summed E-state index contributed by atoms with van der Waals surface area (Å²) >= 11 is 1.19. The molecule has 0 saturated heterocycles. The van der Waals surface area contributed by atoms with E-state index in [-0.39, 0.29) is 11.5 Å². The number of aryl methyl sites for hydroxylation is 1. The van der Waals surface area contributed by atoms with Crippen LogP contribution in [0.1, 0.15) is 23.6 Å². The number of anilines is 1. The standard InChI is InChI=1S/C28H22N4O3S/c1-3-35-20-14-12-19(13-15-20)25-29-28-32(30-25)27(34)24(36-28)23-21-6-4-5-7-22(21)31(26(23)33)16-18-10-8-17(2)9-11-18/h4-15H,3,16H2,1-2H3. The van der Waals surface area contributed by atoms with Gasteiger partial charge in [-0.25, -0.2) is 0 Å². The topological polar surface area (TPSA) is 76.8 Å². The molecule has 178 valence electrons. The van der Waals surface area contributed by atoms with Crippen LogP contribution in [0.4, 0.5) is 5.69 Å². The van der Waals surface area contributed by atoms with Gasteiger partial charge in [0.2, 0.25) is 4.96 Å². The van der Waals surface area contributed by atoms with Gasteiger partial charge in [0.1, 0.15) is 10.3 Å². The molecule has 0 radical (unpaired) electrons. The van der Waals surface area contributed by atoms with E-state index in [0.717, 1.165) is 33.7 Å². The molecule has 0 spiro atoms. The molecule has 7 nitrogen and oxygen atoms in total. The Bertz CT molecular complexity index is 1720. The minimum atomic E-state index is -0.338. The van der Waals surface area contributed by atoms with Crippen molar-refractivity contribution in [2.45, 2.75) is 20.4 Å². The molecular weight excluding hydrogens is 472 g/mol. The molecule has 1 amide bonds. The van der Waals surface area contributed by atoms with Crippen molar-refractivity contribution in [1.82, 2.24) is 14.6 Å². The third kappa shape index (κ3) is 3.67. The highest BCUT2D eigenvalue weighted by atomic mass is 32.1. The second-order valence-electron chi connectivity index (χ2n) is 8.59. The van der Waals surface area contributed by atoms with Crippen molar-refractivity contribution in [2.24, 2.45) is 0 Å². The average molecular weight is 495 g/mol. The van der Waals surface area contributed by atoms with Gasteiger partial charge >= 0.3 is 0 Å². The zero-order valence-electron chi connectivity index (χ0n) is 19.8. The zero-order chi connectivity index (χ0) is 24.8. The van der Waals surface area contributed by atoms with Gasteiger partial charge in [0.15, 0.2) is 5.82 Å². The Hall–Kier alpha value is -4.30. The van der Waals surface area contributed by atoms with E-state index in [2.05, 4.69) is 10.1 Å². The third-order valence-electron chi connectivity index (χ3n) is 6.19. The predicted octanol–water partition coefficient (Wildman–Crippen LogP) is 3.99. The van der Waals surface area contributed by atoms with E-state index in [0.29, 0.717) is 34.0 Å². The first-order valence-electron chi connectivity index (χ1n) is 11.7. The van der Waals surface area contributed by atoms with Crippen LogP contribution in [0.25, 0.3) is 21.9 Å². The van der Waals surface area contributed by atoms with E-state index in [1.165, 1.54) is 15.9 Å². The van der Waals surface area contributed by atoms with E-state index < -0.39 is 0 Å². The second kappa shape index (κ2) is 8.73. The number of amides is 1. The Morgan fingerprint density at radius 2 is 1.69 bits per heavy atom. The van der Waals surface area contributed by atoms with Crippen molar-refractivity contribution >= 4 is 33.5 Å². The third-order valence-corrected chi connectivity index (χ3v) is 7.22. The number of nitrogens with zero attached hydrogens (tertiary/aromatic N) is 4. The van der Waals surface area contributed by atoms with Crippen molar-refractivity contribution in [1.29, 1.82) is 0 Å². The van der Waals surface area contributed by atoms with Crippen LogP contribution in [-0.2, 0) is 11.3 Å². The fourth-order valence-electron chi connectivity index (χ4n) is 4.41. The fourth-order valence-corrected chi connectivity index (χ4v) is 5.40. The lowest BCUT2D eigenvalue weighted by Crippen LogP contribution is -2.32. The van der Waals surface area contributed by atoms with Crippen molar-refractivity contribution < 1.29 is 9.53 Å². The molecule has 0 fully saturated rings. The number of ether oxygens (including phenoxy) is 1. The largest absolute Gasteiger partial charge is 0.494 e. The second-order valence-corrected chi connectivity index (χ2v) is 9.57. The highest BCUT2D eigenvalue weighted by Gasteiger charge is 2.34. The number of aromatic nitrogens is 3. The van der Waals surface area contributed by atoms with Gasteiger partial charge < -0.3 is 9.64 Å². The van der Waals surface area contributed by atoms with Gasteiger partial charge in [-0.15, -0.1) is 5.10 Å². The Morgan fingerprint density at radius 1 is 0.944 bits per heavy atom. The van der Waals surface area contributed by atoms with Crippen LogP contribution < -0.4 is 19.7 Å². The number of hydrogen-bond donors (Lipinski definition) is 0. The van der Waals surface area contributed by atoms with Crippen LogP contribution in [0.15, 0.2) is 77.6 Å². The van der Waals surface area contributed by atoms with E-state index in [1.54, 1.807) is 4.90 Å². The van der Waals surface area contributed by atoms with Gasteiger partial charge in [0, 0.05) is 11.1 Å². The number of hydrogen-bond acceptors (Lipinski definition) is 6. The molecule has 0 saturated carbocycles. The lowest BCUT2D eigenvalue weighted by atomic mass is 10.1. The maximum Gasteiger partial charge on any atom is 0.291 e. The minimum Gasteiger partial charge on any atom is -0.494 e. The maximum absolute atomic E-state index is 13.7. The van der Waals surface area contributed by atoms with Gasteiger partial charge in [-0.3, -0.25) is 9.59 Å². The Morgan fingerprint density at radius 3 is 2.42 bits per heavy atom. The number of para-hydroxylation sites is 1. The van der Waals surface area contributed by atoms with Gasteiger partial charge in [-0.05, 0) is 49.7 Å². The first-order chi connectivity index (χ1) is 17.5. The molecule has 0 atom stereocenters. The highest BCUT2D eigenvalue weighted by Crippen LogP contribution is 2.36. The average Bonchev–Trinajstić information content (AvgIpc) is 3.52. The van der Waals surface area contributed by atoms with E-state index in [1.807, 2.05) is 86.6 Å². The lowest BCUT2D eigenvalue weighted by molar-refractivity contribution is -0.113. The predicted molar refractivity (Wildman–Crippen MR) is 140 cm³/mol. The molecule has 5 aromatic rings. The molecular formula is C28H22N4O3S. The molecule has 1 aliphatic heterocycles. The number of carbonyl (C=O) groups excluding carboxylic acids is 1. The summed E-state index contributed by atoms with van der Waals surface area (Å²) < 4.78 is 7.13. The number of benzene rings is 3. The molecule has 3 heterocycles. The number of fused-ring (bicyclic) bond motifs is 2. The van der Waals surface area contributed by atoms with Gasteiger partial charge in [-0.2, -0.15) is 9.50 Å². The summed E-state index contributed by atoms with van der Waals surface area (Å²) in [5.41, 5.74) is 4.59. The van der Waals surface area contributed by atoms with Crippen molar-refractivity contribution in [3.63, 3.8) is 0 Å². The monoisotopic (exact) mass is 494 g/mol. The van der Waals surface area contributed by atoms with E-state index >= 15 is 0 Å². The van der Waals surface area contributed by atoms with Crippen LogP contribution in [0.5, 0.6) is 5.75 Å². The molecule has 0 aliphatic carbocycles. The molecule has 0 bridgehead atoms. The summed E-state index contributed by atoms with van der Waals surface area (Å²) in [7, 11) is 0. The summed E-state index contributed by atoms with van der Waals surface area (Å²) in [6.07, 6.45) is 0. The zero-order valence-corrected chi connectivity index (χ0v) is 20.6. The number of carbonyl (C=O) groups is 1. The van der Waals surface area contributed by atoms with Crippen molar-refractivity contribution in [3.05, 3.63) is 104 Å².